The maximum atomic E-state index is 12.8. The molecule has 0 saturated carbocycles. The van der Waals surface area contributed by atoms with E-state index in [-0.39, 0.29) is 16.9 Å². The van der Waals surface area contributed by atoms with E-state index in [2.05, 4.69) is 24.5 Å². The Morgan fingerprint density at radius 1 is 1.00 bits per heavy atom. The van der Waals surface area contributed by atoms with Crippen LogP contribution in [0.5, 0.6) is 5.75 Å². The highest BCUT2D eigenvalue weighted by molar-refractivity contribution is 7.80. The monoisotopic (exact) mass is 413 g/mol. The Bertz CT molecular complexity index is 847. The molecule has 0 fully saturated rings. The number of carbonyl (C=O) groups is 2. The van der Waals surface area contributed by atoms with Crippen molar-refractivity contribution in [3.05, 3.63) is 59.7 Å². The van der Waals surface area contributed by atoms with Crippen LogP contribution >= 0.6 is 12.2 Å². The Labute approximate surface area is 177 Å². The summed E-state index contributed by atoms with van der Waals surface area (Å²) in [5.41, 5.74) is 1.69. The number of methoxy groups -OCH3 is 1. The summed E-state index contributed by atoms with van der Waals surface area (Å²) in [4.78, 5) is 26.9. The van der Waals surface area contributed by atoms with Crippen molar-refractivity contribution in [1.82, 2.24) is 10.2 Å². The van der Waals surface area contributed by atoms with Gasteiger partial charge in [0, 0.05) is 29.9 Å². The van der Waals surface area contributed by atoms with E-state index < -0.39 is 0 Å². The zero-order valence-electron chi connectivity index (χ0n) is 17.0. The summed E-state index contributed by atoms with van der Waals surface area (Å²) in [6, 6.07) is 13.8. The first kappa shape index (κ1) is 22.4. The molecular weight excluding hydrogens is 386 g/mol. The zero-order chi connectivity index (χ0) is 21.2. The quantitative estimate of drug-likeness (QED) is 0.638. The molecule has 2 rings (SSSR count). The fraction of sp³-hybridized carbons (Fsp3) is 0.318. The molecule has 2 N–H and O–H groups in total. The summed E-state index contributed by atoms with van der Waals surface area (Å²) >= 11 is 5.24. The molecular formula is C22H27N3O3S. The van der Waals surface area contributed by atoms with Gasteiger partial charge in [-0.05, 0) is 67.5 Å². The van der Waals surface area contributed by atoms with Gasteiger partial charge in [0.2, 0.25) is 0 Å². The molecule has 6 nitrogen and oxygen atoms in total. The number of nitrogens with zero attached hydrogens (tertiary/aromatic N) is 1. The second kappa shape index (κ2) is 11.2. The minimum atomic E-state index is -0.325. The molecule has 2 amide bonds. The maximum absolute atomic E-state index is 12.8. The predicted molar refractivity (Wildman–Crippen MR) is 120 cm³/mol. The fourth-order valence-electron chi connectivity index (χ4n) is 2.85. The van der Waals surface area contributed by atoms with Crippen LogP contribution in [0.15, 0.2) is 48.5 Å². The minimum absolute atomic E-state index is 0.00876. The number of ether oxygens (including phenoxy) is 1. The summed E-state index contributed by atoms with van der Waals surface area (Å²) in [6.07, 6.45) is 1.82. The Morgan fingerprint density at radius 3 is 2.24 bits per heavy atom. The molecule has 0 aliphatic carbocycles. The molecule has 0 aliphatic rings. The first-order valence-corrected chi connectivity index (χ1v) is 10.0. The van der Waals surface area contributed by atoms with Gasteiger partial charge in [-0.15, -0.1) is 0 Å². The van der Waals surface area contributed by atoms with Crippen LogP contribution < -0.4 is 15.4 Å². The highest BCUT2D eigenvalue weighted by atomic mass is 32.1. The lowest BCUT2D eigenvalue weighted by atomic mass is 10.1. The van der Waals surface area contributed by atoms with E-state index in [0.29, 0.717) is 22.6 Å². The van der Waals surface area contributed by atoms with Gasteiger partial charge >= 0.3 is 0 Å². The molecule has 154 valence electrons. The first-order chi connectivity index (χ1) is 14.0. The zero-order valence-corrected chi connectivity index (χ0v) is 17.8. The molecule has 0 aromatic heterocycles. The Balaban J connectivity index is 2.02. The lowest BCUT2D eigenvalue weighted by Gasteiger charge is -2.21. The van der Waals surface area contributed by atoms with E-state index in [1.54, 1.807) is 55.6 Å². The van der Waals surface area contributed by atoms with Crippen molar-refractivity contribution in [3.63, 3.8) is 0 Å². The van der Waals surface area contributed by atoms with Crippen molar-refractivity contribution in [1.29, 1.82) is 0 Å². The molecule has 0 aliphatic heterocycles. The molecule has 0 unspecified atom stereocenters. The van der Waals surface area contributed by atoms with Crippen molar-refractivity contribution in [3.8, 4) is 5.75 Å². The van der Waals surface area contributed by atoms with Gasteiger partial charge in [0.1, 0.15) is 5.75 Å². The Morgan fingerprint density at radius 2 is 1.66 bits per heavy atom. The van der Waals surface area contributed by atoms with E-state index in [9.17, 15) is 9.59 Å². The molecule has 29 heavy (non-hydrogen) atoms. The highest BCUT2D eigenvalue weighted by Gasteiger charge is 2.15. The number of rotatable bonds is 8. The Kier molecular flexibility index (Phi) is 8.61. The number of carbonyl (C=O) groups excluding carboxylic acids is 2. The molecule has 0 spiro atoms. The number of thiocarbonyl (C=S) groups is 1. The van der Waals surface area contributed by atoms with Crippen LogP contribution in [0.25, 0.3) is 0 Å². The number of nitrogens with one attached hydrogen (secondary N) is 2. The average molecular weight is 414 g/mol. The highest BCUT2D eigenvalue weighted by Crippen LogP contribution is 2.14. The lowest BCUT2D eigenvalue weighted by molar-refractivity contribution is 0.0755. The smallest absolute Gasteiger partial charge is 0.257 e. The van der Waals surface area contributed by atoms with E-state index in [0.717, 1.165) is 25.9 Å². The number of hydrogen-bond acceptors (Lipinski definition) is 4. The minimum Gasteiger partial charge on any atom is -0.497 e. The van der Waals surface area contributed by atoms with Crippen LogP contribution in [0.4, 0.5) is 5.69 Å². The Hall–Kier alpha value is -2.93. The van der Waals surface area contributed by atoms with Crippen molar-refractivity contribution in [2.45, 2.75) is 26.7 Å². The van der Waals surface area contributed by atoms with E-state index >= 15 is 0 Å². The molecule has 0 bridgehead atoms. The summed E-state index contributed by atoms with van der Waals surface area (Å²) in [6.45, 7) is 5.55. The van der Waals surface area contributed by atoms with Gasteiger partial charge in [-0.25, -0.2) is 0 Å². The topological polar surface area (TPSA) is 70.7 Å². The first-order valence-electron chi connectivity index (χ1n) is 9.64. The van der Waals surface area contributed by atoms with Crippen LogP contribution in [0.2, 0.25) is 0 Å². The van der Waals surface area contributed by atoms with Crippen molar-refractivity contribution >= 4 is 34.8 Å². The van der Waals surface area contributed by atoms with Crippen LogP contribution in [-0.2, 0) is 0 Å². The summed E-state index contributed by atoms with van der Waals surface area (Å²) in [7, 11) is 1.57. The van der Waals surface area contributed by atoms with Gasteiger partial charge in [0.15, 0.2) is 5.11 Å². The summed E-state index contributed by atoms with van der Waals surface area (Å²) in [5, 5.41) is 5.77. The third kappa shape index (κ3) is 6.57. The van der Waals surface area contributed by atoms with Gasteiger partial charge in [-0.1, -0.05) is 19.9 Å². The second-order valence-corrected chi connectivity index (χ2v) is 6.92. The third-order valence-corrected chi connectivity index (χ3v) is 4.43. The number of benzene rings is 2. The normalized spacial score (nSPS) is 10.2. The van der Waals surface area contributed by atoms with Crippen molar-refractivity contribution in [2.24, 2.45) is 0 Å². The van der Waals surface area contributed by atoms with Crippen LogP contribution in [0, 0.1) is 0 Å². The third-order valence-electron chi connectivity index (χ3n) is 4.22. The largest absolute Gasteiger partial charge is 0.497 e. The van der Waals surface area contributed by atoms with Crippen LogP contribution in [0.1, 0.15) is 47.4 Å². The van der Waals surface area contributed by atoms with Gasteiger partial charge in [0.05, 0.1) is 7.11 Å². The molecule has 0 heterocycles. The fourth-order valence-corrected chi connectivity index (χ4v) is 3.06. The van der Waals surface area contributed by atoms with Gasteiger partial charge in [0.25, 0.3) is 11.8 Å². The molecule has 0 saturated heterocycles. The molecule has 0 atom stereocenters. The number of anilines is 1. The SMILES string of the molecule is CCCN(CCC)C(=O)c1cccc(NC(=S)NC(=O)c2ccc(OC)cc2)c1. The predicted octanol–water partition coefficient (Wildman–Crippen LogP) is 4.08. The molecule has 0 radical (unpaired) electrons. The van der Waals surface area contributed by atoms with Gasteiger partial charge in [-0.2, -0.15) is 0 Å². The number of hydrogen-bond donors (Lipinski definition) is 2. The van der Waals surface area contributed by atoms with Crippen LogP contribution in [0.3, 0.4) is 0 Å². The maximum Gasteiger partial charge on any atom is 0.257 e. The van der Waals surface area contributed by atoms with E-state index in [1.165, 1.54) is 0 Å². The summed E-state index contributed by atoms with van der Waals surface area (Å²) in [5.74, 6) is 0.337. The van der Waals surface area contributed by atoms with Gasteiger partial charge in [-0.3, -0.25) is 14.9 Å². The average Bonchev–Trinajstić information content (AvgIpc) is 2.73. The number of amides is 2. The van der Waals surface area contributed by atoms with E-state index in [1.807, 2.05) is 4.90 Å². The molecule has 2 aromatic rings. The standard InChI is InChI=1S/C22H27N3O3S/c1-4-13-25(14-5-2)21(27)17-7-6-8-18(15-17)23-22(29)24-20(26)16-9-11-19(28-3)12-10-16/h6-12,15H,4-5,13-14H2,1-3H3,(H2,23,24,26,29). The van der Waals surface area contributed by atoms with Crippen molar-refractivity contribution < 1.29 is 14.3 Å². The van der Waals surface area contributed by atoms with Gasteiger partial charge < -0.3 is 15.0 Å². The molecule has 2 aromatic carbocycles. The van der Waals surface area contributed by atoms with E-state index in [4.69, 9.17) is 17.0 Å². The van der Waals surface area contributed by atoms with Crippen molar-refractivity contribution in [2.75, 3.05) is 25.5 Å². The lowest BCUT2D eigenvalue weighted by Crippen LogP contribution is -2.34. The second-order valence-electron chi connectivity index (χ2n) is 6.51. The molecule has 7 heteroatoms. The van der Waals surface area contributed by atoms with Crippen LogP contribution in [-0.4, -0.2) is 42.0 Å². The summed E-state index contributed by atoms with van der Waals surface area (Å²) < 4.78 is 5.09.